The Balaban J connectivity index is 2.21. The summed E-state index contributed by atoms with van der Waals surface area (Å²) in [6, 6.07) is 7.88. The molecular formula is C22H33ClN4. The van der Waals surface area contributed by atoms with E-state index in [0.29, 0.717) is 5.02 Å². The molecule has 0 aliphatic carbocycles. The standard InChI is InChI=1S/C22H33ClN4/c1-3-5-7-11-16-27(17-12-8-6-4-2)25-22(26-18-15-24-19-26)20-13-9-10-14-21(20)23/h9-10,13-15,18-19H,3-8,11-12,16-17H2,1-2H3/b25-22+. The number of hydrazone groups is 1. The molecule has 1 heterocycles. The van der Waals surface area contributed by atoms with E-state index in [1.165, 1.54) is 51.4 Å². The van der Waals surface area contributed by atoms with Gasteiger partial charge < -0.3 is 0 Å². The number of benzene rings is 1. The molecule has 0 atom stereocenters. The van der Waals surface area contributed by atoms with Gasteiger partial charge in [-0.15, -0.1) is 0 Å². The van der Waals surface area contributed by atoms with Gasteiger partial charge in [-0.25, -0.2) is 4.98 Å². The zero-order valence-corrected chi connectivity index (χ0v) is 17.5. The maximum Gasteiger partial charge on any atom is 0.166 e. The van der Waals surface area contributed by atoms with E-state index in [-0.39, 0.29) is 0 Å². The number of aromatic nitrogens is 2. The van der Waals surface area contributed by atoms with Crippen LogP contribution in [0, 0.1) is 0 Å². The molecule has 4 nitrogen and oxygen atoms in total. The molecule has 2 rings (SSSR count). The smallest absolute Gasteiger partial charge is 0.166 e. The Morgan fingerprint density at radius 1 is 1.00 bits per heavy atom. The molecule has 5 heteroatoms. The number of hydrogen-bond acceptors (Lipinski definition) is 3. The molecule has 0 aliphatic heterocycles. The number of imidazole rings is 1. The second kappa shape index (κ2) is 12.6. The molecule has 27 heavy (non-hydrogen) atoms. The largest absolute Gasteiger partial charge is 0.295 e. The van der Waals surface area contributed by atoms with Gasteiger partial charge in [0.1, 0.15) is 6.33 Å². The van der Waals surface area contributed by atoms with Gasteiger partial charge in [-0.1, -0.05) is 76.1 Å². The van der Waals surface area contributed by atoms with E-state index in [2.05, 4.69) is 23.8 Å². The first-order valence-corrected chi connectivity index (χ1v) is 10.7. The predicted octanol–water partition coefficient (Wildman–Crippen LogP) is 6.21. The molecule has 0 unspecified atom stereocenters. The van der Waals surface area contributed by atoms with E-state index < -0.39 is 0 Å². The molecule has 0 spiro atoms. The molecule has 2 aromatic rings. The minimum Gasteiger partial charge on any atom is -0.295 e. The lowest BCUT2D eigenvalue weighted by molar-refractivity contribution is 0.272. The highest BCUT2D eigenvalue weighted by Gasteiger charge is 2.12. The minimum absolute atomic E-state index is 0.710. The maximum atomic E-state index is 6.48. The Morgan fingerprint density at radius 3 is 2.22 bits per heavy atom. The Labute approximate surface area is 169 Å². The Bertz CT molecular complexity index is 655. The molecule has 0 amide bonds. The fraction of sp³-hybridized carbons (Fsp3) is 0.545. The first-order valence-electron chi connectivity index (χ1n) is 10.3. The molecule has 0 bridgehead atoms. The lowest BCUT2D eigenvalue weighted by Gasteiger charge is -2.22. The summed E-state index contributed by atoms with van der Waals surface area (Å²) < 4.78 is 1.95. The van der Waals surface area contributed by atoms with Crippen LogP contribution in [0.1, 0.15) is 70.8 Å². The first-order chi connectivity index (χ1) is 13.3. The second-order valence-electron chi connectivity index (χ2n) is 6.95. The minimum atomic E-state index is 0.710. The van der Waals surface area contributed by atoms with Crippen LogP contribution in [0.15, 0.2) is 48.1 Å². The average Bonchev–Trinajstić information content (AvgIpc) is 3.21. The van der Waals surface area contributed by atoms with Gasteiger partial charge in [0.2, 0.25) is 0 Å². The van der Waals surface area contributed by atoms with Gasteiger partial charge in [0.05, 0.1) is 5.02 Å². The van der Waals surface area contributed by atoms with Gasteiger partial charge in [0.25, 0.3) is 0 Å². The van der Waals surface area contributed by atoms with Crippen LogP contribution in [0.2, 0.25) is 5.02 Å². The van der Waals surface area contributed by atoms with E-state index in [0.717, 1.165) is 24.5 Å². The van der Waals surface area contributed by atoms with Gasteiger partial charge >= 0.3 is 0 Å². The average molecular weight is 389 g/mol. The van der Waals surface area contributed by atoms with Crippen LogP contribution in [0.25, 0.3) is 0 Å². The van der Waals surface area contributed by atoms with Crippen molar-refractivity contribution in [1.82, 2.24) is 14.6 Å². The lowest BCUT2D eigenvalue weighted by atomic mass is 10.2. The highest BCUT2D eigenvalue weighted by atomic mass is 35.5. The van der Waals surface area contributed by atoms with Crippen LogP contribution in [-0.4, -0.2) is 33.5 Å². The summed E-state index contributed by atoms with van der Waals surface area (Å²) in [6.45, 7) is 6.45. The second-order valence-corrected chi connectivity index (χ2v) is 7.36. The number of halogens is 1. The van der Waals surface area contributed by atoms with Crippen molar-refractivity contribution in [3.63, 3.8) is 0 Å². The van der Waals surface area contributed by atoms with Crippen LogP contribution in [0.5, 0.6) is 0 Å². The molecule has 0 saturated heterocycles. The van der Waals surface area contributed by atoms with E-state index in [1.54, 1.807) is 12.5 Å². The highest BCUT2D eigenvalue weighted by molar-refractivity contribution is 6.34. The topological polar surface area (TPSA) is 33.4 Å². The third-order valence-electron chi connectivity index (χ3n) is 4.64. The fourth-order valence-electron chi connectivity index (χ4n) is 3.06. The van der Waals surface area contributed by atoms with Gasteiger partial charge in [0.15, 0.2) is 5.84 Å². The zero-order valence-electron chi connectivity index (χ0n) is 16.8. The van der Waals surface area contributed by atoms with Crippen molar-refractivity contribution in [2.45, 2.75) is 65.2 Å². The van der Waals surface area contributed by atoms with Crippen molar-refractivity contribution >= 4 is 17.4 Å². The van der Waals surface area contributed by atoms with E-state index in [4.69, 9.17) is 16.7 Å². The van der Waals surface area contributed by atoms with Gasteiger partial charge in [0, 0.05) is 31.0 Å². The third-order valence-corrected chi connectivity index (χ3v) is 4.97. The molecule has 0 radical (unpaired) electrons. The predicted molar refractivity (Wildman–Crippen MR) is 115 cm³/mol. The van der Waals surface area contributed by atoms with E-state index in [9.17, 15) is 0 Å². The summed E-state index contributed by atoms with van der Waals surface area (Å²) in [5.74, 6) is 0.837. The Hall–Kier alpha value is -1.81. The number of nitrogens with zero attached hydrogens (tertiary/aromatic N) is 4. The Kier molecular flexibility index (Phi) is 9.99. The third kappa shape index (κ3) is 7.37. The van der Waals surface area contributed by atoms with Gasteiger partial charge in [-0.2, -0.15) is 5.10 Å². The van der Waals surface area contributed by atoms with Crippen LogP contribution in [-0.2, 0) is 0 Å². The number of hydrogen-bond donors (Lipinski definition) is 0. The molecule has 1 aromatic carbocycles. The lowest BCUT2D eigenvalue weighted by Crippen LogP contribution is -2.25. The van der Waals surface area contributed by atoms with Gasteiger partial charge in [-0.05, 0) is 25.0 Å². The fourth-order valence-corrected chi connectivity index (χ4v) is 3.28. The molecule has 0 aliphatic rings. The molecular weight excluding hydrogens is 356 g/mol. The SMILES string of the molecule is CCCCCCN(CCCCCC)/N=C(\c1ccccc1Cl)n1ccnc1. The summed E-state index contributed by atoms with van der Waals surface area (Å²) in [4.78, 5) is 4.20. The van der Waals surface area contributed by atoms with Crippen molar-refractivity contribution in [2.24, 2.45) is 5.10 Å². The summed E-state index contributed by atoms with van der Waals surface area (Å²) in [6.07, 6.45) is 15.4. The maximum absolute atomic E-state index is 6.48. The van der Waals surface area contributed by atoms with Crippen molar-refractivity contribution < 1.29 is 0 Å². The highest BCUT2D eigenvalue weighted by Crippen LogP contribution is 2.18. The summed E-state index contributed by atoms with van der Waals surface area (Å²) in [5, 5.41) is 7.97. The molecule has 0 fully saturated rings. The van der Waals surface area contributed by atoms with Crippen LogP contribution in [0.4, 0.5) is 0 Å². The number of unbranched alkanes of at least 4 members (excludes halogenated alkanes) is 6. The van der Waals surface area contributed by atoms with Crippen LogP contribution in [0.3, 0.4) is 0 Å². The summed E-state index contributed by atoms with van der Waals surface area (Å²) in [7, 11) is 0. The van der Waals surface area contributed by atoms with Gasteiger partial charge in [-0.3, -0.25) is 9.58 Å². The molecule has 0 saturated carbocycles. The monoisotopic (exact) mass is 388 g/mol. The van der Waals surface area contributed by atoms with Crippen LogP contribution >= 0.6 is 11.6 Å². The zero-order chi connectivity index (χ0) is 19.3. The quantitative estimate of drug-likeness (QED) is 0.187. The molecule has 148 valence electrons. The normalized spacial score (nSPS) is 11.7. The van der Waals surface area contributed by atoms with E-state index >= 15 is 0 Å². The summed E-state index contributed by atoms with van der Waals surface area (Å²) >= 11 is 6.48. The molecule has 0 N–H and O–H groups in total. The first kappa shape index (κ1) is 21.5. The van der Waals surface area contributed by atoms with Crippen molar-refractivity contribution in [3.8, 4) is 0 Å². The van der Waals surface area contributed by atoms with Crippen molar-refractivity contribution in [2.75, 3.05) is 13.1 Å². The van der Waals surface area contributed by atoms with E-state index in [1.807, 2.05) is 35.0 Å². The summed E-state index contributed by atoms with van der Waals surface area (Å²) in [5.41, 5.74) is 0.935. The molecule has 1 aromatic heterocycles. The van der Waals surface area contributed by atoms with Crippen LogP contribution < -0.4 is 0 Å². The number of rotatable bonds is 12. The Morgan fingerprint density at radius 2 is 1.67 bits per heavy atom. The van der Waals surface area contributed by atoms with Crippen molar-refractivity contribution in [3.05, 3.63) is 53.6 Å². The van der Waals surface area contributed by atoms with Crippen molar-refractivity contribution in [1.29, 1.82) is 0 Å².